The summed E-state index contributed by atoms with van der Waals surface area (Å²) in [6.45, 7) is 4.49. The van der Waals surface area contributed by atoms with Crippen molar-refractivity contribution in [2.45, 2.75) is 39.5 Å². The molecule has 0 N–H and O–H groups in total. The van der Waals surface area contributed by atoms with Crippen molar-refractivity contribution in [2.75, 3.05) is 6.61 Å². The van der Waals surface area contributed by atoms with Crippen LogP contribution in [0.15, 0.2) is 6.07 Å². The third kappa shape index (κ3) is 2.08. The lowest BCUT2D eigenvalue weighted by Crippen LogP contribution is -2.08. The Kier molecular flexibility index (Phi) is 3.22. The molecular weight excluding hydrogens is 202 g/mol. The first-order valence-corrected chi connectivity index (χ1v) is 5.89. The van der Waals surface area contributed by atoms with E-state index in [2.05, 4.69) is 4.98 Å². The molecule has 0 spiro atoms. The fraction of sp³-hybridized carbons (Fsp3) is 0.538. The molecule has 1 heterocycles. The molecule has 0 bridgehead atoms. The van der Waals surface area contributed by atoms with E-state index in [9.17, 15) is 4.79 Å². The number of nitrogens with zero attached hydrogens (tertiary/aromatic N) is 1. The summed E-state index contributed by atoms with van der Waals surface area (Å²) < 4.78 is 5.60. The summed E-state index contributed by atoms with van der Waals surface area (Å²) >= 11 is 0. The van der Waals surface area contributed by atoms with Gasteiger partial charge in [-0.1, -0.05) is 0 Å². The second kappa shape index (κ2) is 4.64. The van der Waals surface area contributed by atoms with Crippen molar-refractivity contribution in [3.8, 4) is 5.75 Å². The second-order valence-corrected chi connectivity index (χ2v) is 4.15. The average Bonchev–Trinajstić information content (AvgIpc) is 2.42. The third-order valence-electron chi connectivity index (χ3n) is 2.86. The fourth-order valence-corrected chi connectivity index (χ4v) is 2.13. The molecule has 3 nitrogen and oxygen atoms in total. The van der Waals surface area contributed by atoms with Gasteiger partial charge >= 0.3 is 0 Å². The molecule has 0 atom stereocenters. The number of hydrogen-bond acceptors (Lipinski definition) is 3. The summed E-state index contributed by atoms with van der Waals surface area (Å²) in [7, 11) is 0. The Morgan fingerprint density at radius 1 is 1.38 bits per heavy atom. The van der Waals surface area contributed by atoms with Crippen molar-refractivity contribution in [3.05, 3.63) is 23.0 Å². The predicted molar refractivity (Wildman–Crippen MR) is 62.0 cm³/mol. The highest BCUT2D eigenvalue weighted by Crippen LogP contribution is 2.28. The molecule has 3 heteroatoms. The Bertz CT molecular complexity index is 413. The van der Waals surface area contributed by atoms with Gasteiger partial charge in [0.15, 0.2) is 5.78 Å². The Morgan fingerprint density at radius 3 is 2.88 bits per heavy atom. The van der Waals surface area contributed by atoms with E-state index >= 15 is 0 Å². The Hall–Kier alpha value is -1.38. The number of ketones is 1. The zero-order chi connectivity index (χ0) is 11.5. The van der Waals surface area contributed by atoms with Crippen molar-refractivity contribution < 1.29 is 9.53 Å². The van der Waals surface area contributed by atoms with Gasteiger partial charge in [0.25, 0.3) is 0 Å². The van der Waals surface area contributed by atoms with Crippen LogP contribution in [-0.4, -0.2) is 17.4 Å². The molecule has 1 aliphatic carbocycles. The highest BCUT2D eigenvalue weighted by atomic mass is 16.5. The maximum absolute atomic E-state index is 11.9. The molecule has 16 heavy (non-hydrogen) atoms. The molecule has 1 aromatic rings. The number of carbonyl (C=O) groups is 1. The van der Waals surface area contributed by atoms with Gasteiger partial charge in [0.05, 0.1) is 6.61 Å². The number of aromatic nitrogens is 1. The number of Topliss-reactive ketones (excluding diaryl/α,β-unsaturated/α-hetero) is 1. The average molecular weight is 219 g/mol. The van der Waals surface area contributed by atoms with Crippen LogP contribution in [0.1, 0.15) is 47.9 Å². The lowest BCUT2D eigenvalue weighted by atomic mass is 10.1. The maximum Gasteiger partial charge on any atom is 0.181 e. The van der Waals surface area contributed by atoms with Crippen LogP contribution in [0.2, 0.25) is 0 Å². The zero-order valence-corrected chi connectivity index (χ0v) is 9.88. The lowest BCUT2D eigenvalue weighted by molar-refractivity contribution is 0.0976. The largest absolute Gasteiger partial charge is 0.493 e. The molecule has 0 amide bonds. The molecule has 0 fully saturated rings. The number of ether oxygens (including phenoxy) is 1. The number of carbonyl (C=O) groups excluding carboxylic acids is 1. The molecule has 0 aromatic carbocycles. The van der Waals surface area contributed by atoms with Gasteiger partial charge in [0, 0.05) is 23.7 Å². The van der Waals surface area contributed by atoms with E-state index in [1.54, 1.807) is 0 Å². The monoisotopic (exact) mass is 219 g/mol. The summed E-state index contributed by atoms with van der Waals surface area (Å²) in [4.78, 5) is 16.3. The second-order valence-electron chi connectivity index (χ2n) is 4.15. The molecule has 0 radical (unpaired) electrons. The molecular formula is C13H17NO2. The number of aryl methyl sites for hydroxylation is 1. The van der Waals surface area contributed by atoms with Crippen LogP contribution in [0.4, 0.5) is 0 Å². The van der Waals surface area contributed by atoms with E-state index in [1.165, 1.54) is 0 Å². The van der Waals surface area contributed by atoms with Gasteiger partial charge in [-0.25, -0.2) is 4.98 Å². The van der Waals surface area contributed by atoms with Gasteiger partial charge in [0.1, 0.15) is 11.4 Å². The Balaban J connectivity index is 2.51. The van der Waals surface area contributed by atoms with E-state index in [0.717, 1.165) is 36.3 Å². The van der Waals surface area contributed by atoms with Crippen molar-refractivity contribution in [3.63, 3.8) is 0 Å². The Morgan fingerprint density at radius 2 is 2.12 bits per heavy atom. The standard InChI is InChI=1S/C13H17NO2/c1-3-16-12-8-9(2)14-13-10(12)6-4-5-7-11(13)15/h8H,3-7H2,1-2H3. The minimum atomic E-state index is 0.164. The SMILES string of the molecule is CCOc1cc(C)nc2c1CCCCC2=O. The third-order valence-corrected chi connectivity index (χ3v) is 2.86. The number of rotatable bonds is 2. The first-order chi connectivity index (χ1) is 7.72. The van der Waals surface area contributed by atoms with Gasteiger partial charge in [0.2, 0.25) is 0 Å². The van der Waals surface area contributed by atoms with Gasteiger partial charge in [-0.2, -0.15) is 0 Å². The highest BCUT2D eigenvalue weighted by molar-refractivity contribution is 5.96. The van der Waals surface area contributed by atoms with Crippen LogP contribution in [0.3, 0.4) is 0 Å². The lowest BCUT2D eigenvalue weighted by Gasteiger charge is -2.12. The van der Waals surface area contributed by atoms with E-state index in [0.29, 0.717) is 18.7 Å². The minimum Gasteiger partial charge on any atom is -0.493 e. The van der Waals surface area contributed by atoms with Crippen LogP contribution in [0.25, 0.3) is 0 Å². The van der Waals surface area contributed by atoms with Crippen LogP contribution < -0.4 is 4.74 Å². The van der Waals surface area contributed by atoms with Gasteiger partial charge in [-0.05, 0) is 33.1 Å². The molecule has 1 aromatic heterocycles. The molecule has 86 valence electrons. The summed E-state index contributed by atoms with van der Waals surface area (Å²) in [6, 6.07) is 1.93. The zero-order valence-electron chi connectivity index (χ0n) is 9.88. The minimum absolute atomic E-state index is 0.164. The van der Waals surface area contributed by atoms with Crippen LogP contribution in [0.5, 0.6) is 5.75 Å². The van der Waals surface area contributed by atoms with E-state index < -0.39 is 0 Å². The summed E-state index contributed by atoms with van der Waals surface area (Å²) in [5.74, 6) is 1.01. The van der Waals surface area contributed by atoms with Gasteiger partial charge < -0.3 is 4.74 Å². The van der Waals surface area contributed by atoms with Crippen LogP contribution >= 0.6 is 0 Å². The maximum atomic E-state index is 11.9. The molecule has 0 saturated carbocycles. The molecule has 0 aliphatic heterocycles. The van der Waals surface area contributed by atoms with E-state index in [-0.39, 0.29) is 5.78 Å². The first kappa shape index (κ1) is 11.1. The van der Waals surface area contributed by atoms with Gasteiger partial charge in [-0.15, -0.1) is 0 Å². The van der Waals surface area contributed by atoms with Crippen molar-refractivity contribution in [1.82, 2.24) is 4.98 Å². The van der Waals surface area contributed by atoms with E-state index in [4.69, 9.17) is 4.74 Å². The normalized spacial score (nSPS) is 15.5. The molecule has 2 rings (SSSR count). The highest BCUT2D eigenvalue weighted by Gasteiger charge is 2.21. The quantitative estimate of drug-likeness (QED) is 0.718. The number of pyridine rings is 1. The fourth-order valence-electron chi connectivity index (χ4n) is 2.13. The van der Waals surface area contributed by atoms with Gasteiger partial charge in [-0.3, -0.25) is 4.79 Å². The molecule has 0 saturated heterocycles. The van der Waals surface area contributed by atoms with Crippen molar-refractivity contribution >= 4 is 5.78 Å². The van der Waals surface area contributed by atoms with Crippen LogP contribution in [-0.2, 0) is 6.42 Å². The first-order valence-electron chi connectivity index (χ1n) is 5.89. The predicted octanol–water partition coefficient (Wildman–Crippen LogP) is 2.70. The van der Waals surface area contributed by atoms with Crippen molar-refractivity contribution in [1.29, 1.82) is 0 Å². The Labute approximate surface area is 95.8 Å². The number of fused-ring (bicyclic) bond motifs is 1. The van der Waals surface area contributed by atoms with Crippen LogP contribution in [0, 0.1) is 6.92 Å². The van der Waals surface area contributed by atoms with E-state index in [1.807, 2.05) is 19.9 Å². The smallest absolute Gasteiger partial charge is 0.181 e. The number of hydrogen-bond donors (Lipinski definition) is 0. The van der Waals surface area contributed by atoms with Crippen molar-refractivity contribution in [2.24, 2.45) is 0 Å². The summed E-state index contributed by atoms with van der Waals surface area (Å²) in [5.41, 5.74) is 2.51. The molecule has 0 unspecified atom stereocenters. The molecule has 1 aliphatic rings. The summed E-state index contributed by atoms with van der Waals surface area (Å²) in [5, 5.41) is 0. The summed E-state index contributed by atoms with van der Waals surface area (Å²) in [6.07, 6.45) is 3.53. The topological polar surface area (TPSA) is 39.2 Å².